The van der Waals surface area contributed by atoms with Crippen molar-refractivity contribution in [3.05, 3.63) is 126 Å². The lowest BCUT2D eigenvalue weighted by Crippen LogP contribution is -2.45. The molecule has 1 unspecified atom stereocenters. The number of methoxy groups -OCH3 is 1. The van der Waals surface area contributed by atoms with Crippen LogP contribution in [0.4, 0.5) is 0 Å². The molecule has 2 N–H and O–H groups in total. The first-order chi connectivity index (χ1) is 18.9. The van der Waals surface area contributed by atoms with Gasteiger partial charge in [-0.3, -0.25) is 14.6 Å². The van der Waals surface area contributed by atoms with Gasteiger partial charge in [0.05, 0.1) is 13.0 Å². The second kappa shape index (κ2) is 13.3. The number of aromatic nitrogens is 1. The number of nitrogens with zero attached hydrogens (tertiary/aromatic N) is 1. The fourth-order valence-corrected chi connectivity index (χ4v) is 4.67. The van der Waals surface area contributed by atoms with Crippen molar-refractivity contribution in [2.45, 2.75) is 32.2 Å². The van der Waals surface area contributed by atoms with Gasteiger partial charge in [0.2, 0.25) is 0 Å². The summed E-state index contributed by atoms with van der Waals surface area (Å²) < 4.78 is 5.21. The summed E-state index contributed by atoms with van der Waals surface area (Å²) in [6.07, 6.45) is 5.14. The maximum Gasteiger partial charge on any atom is 0.311 e. The molecule has 39 heavy (non-hydrogen) atoms. The van der Waals surface area contributed by atoms with E-state index < -0.39 is 12.0 Å². The van der Waals surface area contributed by atoms with Crippen LogP contribution < -0.4 is 5.32 Å². The summed E-state index contributed by atoms with van der Waals surface area (Å²) in [5.74, 6) is -1.22. The third-order valence-corrected chi connectivity index (χ3v) is 6.85. The second-order valence-electron chi connectivity index (χ2n) is 9.58. The van der Waals surface area contributed by atoms with Crippen molar-refractivity contribution in [3.63, 3.8) is 0 Å². The van der Waals surface area contributed by atoms with Crippen LogP contribution in [0.25, 0.3) is 11.1 Å². The van der Waals surface area contributed by atoms with E-state index in [1.54, 1.807) is 31.5 Å². The highest BCUT2D eigenvalue weighted by Crippen LogP contribution is 2.22. The molecule has 0 radical (unpaired) electrons. The molecule has 0 aliphatic rings. The number of hydrogen-bond donors (Lipinski definition) is 2. The van der Waals surface area contributed by atoms with Gasteiger partial charge in [-0.1, -0.05) is 66.7 Å². The average Bonchev–Trinajstić information content (AvgIpc) is 2.99. The van der Waals surface area contributed by atoms with E-state index in [-0.39, 0.29) is 11.9 Å². The summed E-state index contributed by atoms with van der Waals surface area (Å²) in [5.41, 5.74) is 5.74. The Hall–Kier alpha value is -4.58. The maximum absolute atomic E-state index is 13.4. The quantitative estimate of drug-likeness (QED) is 0.191. The van der Waals surface area contributed by atoms with Gasteiger partial charge in [-0.05, 0) is 78.3 Å². The van der Waals surface area contributed by atoms with Crippen molar-refractivity contribution in [1.29, 1.82) is 5.41 Å². The molecule has 198 valence electrons. The lowest BCUT2D eigenvalue weighted by atomic mass is 9.87. The van der Waals surface area contributed by atoms with Crippen molar-refractivity contribution in [1.82, 2.24) is 10.3 Å². The van der Waals surface area contributed by atoms with Gasteiger partial charge in [0.1, 0.15) is 0 Å². The van der Waals surface area contributed by atoms with Gasteiger partial charge in [-0.25, -0.2) is 0 Å². The zero-order valence-corrected chi connectivity index (χ0v) is 22.3. The number of pyridine rings is 1. The van der Waals surface area contributed by atoms with Crippen LogP contribution >= 0.6 is 0 Å². The molecule has 0 aliphatic carbocycles. The number of carbonyl (C=O) groups excluding carboxylic acids is 2. The Kier molecular flexibility index (Phi) is 9.35. The summed E-state index contributed by atoms with van der Waals surface area (Å²) in [7, 11) is 1.38. The van der Waals surface area contributed by atoms with Crippen LogP contribution in [-0.2, 0) is 22.4 Å². The monoisotopic (exact) mass is 519 g/mol. The minimum Gasteiger partial charge on any atom is -0.469 e. The molecule has 6 nitrogen and oxygen atoms in total. The van der Waals surface area contributed by atoms with Crippen LogP contribution in [0.3, 0.4) is 0 Å². The Morgan fingerprint density at radius 1 is 0.872 bits per heavy atom. The molecular weight excluding hydrogens is 486 g/mol. The molecule has 0 fully saturated rings. The predicted octanol–water partition coefficient (Wildman–Crippen LogP) is 5.90. The molecule has 6 heteroatoms. The van der Waals surface area contributed by atoms with Crippen LogP contribution in [-0.4, -0.2) is 35.7 Å². The first-order valence-corrected chi connectivity index (χ1v) is 13.0. The summed E-state index contributed by atoms with van der Waals surface area (Å²) in [5, 5.41) is 11.1. The largest absolute Gasteiger partial charge is 0.469 e. The minimum absolute atomic E-state index is 0.246. The number of esters is 1. The molecule has 4 rings (SSSR count). The number of ether oxygens (including phenoxy) is 1. The molecule has 0 saturated heterocycles. The van der Waals surface area contributed by atoms with E-state index in [2.05, 4.69) is 10.3 Å². The fraction of sp³-hybridized carbons (Fsp3) is 0.212. The summed E-state index contributed by atoms with van der Waals surface area (Å²) in [6.45, 7) is 1.74. The number of rotatable bonds is 11. The Morgan fingerprint density at radius 3 is 2.28 bits per heavy atom. The number of amides is 1. The van der Waals surface area contributed by atoms with Gasteiger partial charge in [-0.15, -0.1) is 0 Å². The van der Waals surface area contributed by atoms with Crippen molar-refractivity contribution in [2.24, 2.45) is 5.92 Å². The Labute approximate surface area is 229 Å². The molecule has 1 heterocycles. The van der Waals surface area contributed by atoms with Gasteiger partial charge in [0, 0.05) is 29.7 Å². The highest BCUT2D eigenvalue weighted by molar-refractivity contribution is 5.96. The molecule has 0 spiro atoms. The van der Waals surface area contributed by atoms with Crippen LogP contribution in [0.5, 0.6) is 0 Å². The van der Waals surface area contributed by atoms with E-state index in [4.69, 9.17) is 10.1 Å². The number of hydrogen-bond acceptors (Lipinski definition) is 5. The SMILES string of the molecule is COC(=O)[C@H](Cc1cccc(C(C)=N)c1)C(CCc1ccccc1)NC(=O)c1ccc(-c2cccnc2)cc1. The van der Waals surface area contributed by atoms with E-state index in [9.17, 15) is 9.59 Å². The molecular formula is C33H33N3O3. The zero-order chi connectivity index (χ0) is 27.6. The van der Waals surface area contributed by atoms with Crippen LogP contribution in [0.15, 0.2) is 103 Å². The normalized spacial score (nSPS) is 12.3. The summed E-state index contributed by atoms with van der Waals surface area (Å²) >= 11 is 0. The van der Waals surface area contributed by atoms with Gasteiger partial charge < -0.3 is 15.5 Å². The van der Waals surface area contributed by atoms with Crippen LogP contribution in [0.1, 0.15) is 40.4 Å². The Balaban J connectivity index is 1.59. The lowest BCUT2D eigenvalue weighted by Gasteiger charge is -2.27. The Morgan fingerprint density at radius 2 is 1.62 bits per heavy atom. The average molecular weight is 520 g/mol. The molecule has 4 aromatic rings. The summed E-state index contributed by atoms with van der Waals surface area (Å²) in [4.78, 5) is 30.7. The highest BCUT2D eigenvalue weighted by Gasteiger charge is 2.31. The second-order valence-corrected chi connectivity index (χ2v) is 9.58. The molecule has 1 aromatic heterocycles. The summed E-state index contributed by atoms with van der Waals surface area (Å²) in [6, 6.07) is 28.4. The number of nitrogens with one attached hydrogen (secondary N) is 2. The minimum atomic E-state index is -0.599. The highest BCUT2D eigenvalue weighted by atomic mass is 16.5. The maximum atomic E-state index is 13.4. The van der Waals surface area contributed by atoms with E-state index in [0.29, 0.717) is 30.5 Å². The van der Waals surface area contributed by atoms with Crippen LogP contribution in [0.2, 0.25) is 0 Å². The van der Waals surface area contributed by atoms with E-state index in [1.807, 2.05) is 78.9 Å². The topological polar surface area (TPSA) is 92.1 Å². The first kappa shape index (κ1) is 27.5. The standard InChI is InChI=1S/C33H33N3O3/c1-23(34)28-11-6-10-25(20-28)21-30(33(38)39-2)31(18-13-24-8-4-3-5-9-24)36-32(37)27-16-14-26(15-17-27)29-12-7-19-35-22-29/h3-12,14-17,19-20,22,30-31,34H,13,18,21H2,1-2H3,(H,36,37)/t30-,31?/m1/s1. The third kappa shape index (κ3) is 7.48. The van der Waals surface area contributed by atoms with Crippen LogP contribution in [0, 0.1) is 11.3 Å². The van der Waals surface area contributed by atoms with Crippen molar-refractivity contribution in [3.8, 4) is 11.1 Å². The lowest BCUT2D eigenvalue weighted by molar-refractivity contribution is -0.146. The number of carbonyl (C=O) groups is 2. The molecule has 3 aromatic carbocycles. The van der Waals surface area contributed by atoms with Gasteiger partial charge in [-0.2, -0.15) is 0 Å². The molecule has 1 amide bonds. The van der Waals surface area contributed by atoms with Crippen molar-refractivity contribution in [2.75, 3.05) is 7.11 Å². The van der Waals surface area contributed by atoms with Crippen molar-refractivity contribution >= 4 is 17.6 Å². The zero-order valence-electron chi connectivity index (χ0n) is 22.3. The smallest absolute Gasteiger partial charge is 0.311 e. The number of aryl methyl sites for hydroxylation is 1. The molecule has 0 bridgehead atoms. The van der Waals surface area contributed by atoms with Gasteiger partial charge >= 0.3 is 5.97 Å². The first-order valence-electron chi connectivity index (χ1n) is 13.0. The fourth-order valence-electron chi connectivity index (χ4n) is 4.67. The van der Waals surface area contributed by atoms with Crippen molar-refractivity contribution < 1.29 is 14.3 Å². The molecule has 0 aliphatic heterocycles. The van der Waals surface area contributed by atoms with E-state index >= 15 is 0 Å². The predicted molar refractivity (Wildman–Crippen MR) is 154 cm³/mol. The molecule has 0 saturated carbocycles. The third-order valence-electron chi connectivity index (χ3n) is 6.85. The van der Waals surface area contributed by atoms with Gasteiger partial charge in [0.15, 0.2) is 0 Å². The number of benzene rings is 3. The van der Waals surface area contributed by atoms with Gasteiger partial charge in [0.25, 0.3) is 5.91 Å². The Bertz CT molecular complexity index is 1400. The van der Waals surface area contributed by atoms with E-state index in [1.165, 1.54) is 7.11 Å². The molecule has 2 atom stereocenters. The van der Waals surface area contributed by atoms with E-state index in [0.717, 1.165) is 27.8 Å².